The summed E-state index contributed by atoms with van der Waals surface area (Å²) in [5.41, 5.74) is 1.73. The van der Waals surface area contributed by atoms with Gasteiger partial charge in [-0.05, 0) is 31.4 Å². The summed E-state index contributed by atoms with van der Waals surface area (Å²) in [4.78, 5) is 33.0. The Hall–Kier alpha value is -2.63. The van der Waals surface area contributed by atoms with Crippen LogP contribution in [0.15, 0.2) is 36.7 Å². The molecular formula is C19H22N4O2. The Balaban J connectivity index is 1.42. The number of piperidine rings is 1. The maximum Gasteiger partial charge on any atom is 0.254 e. The highest BCUT2D eigenvalue weighted by atomic mass is 16.2. The zero-order chi connectivity index (χ0) is 17.4. The third-order valence-electron chi connectivity index (χ3n) is 5.23. The van der Waals surface area contributed by atoms with Crippen LogP contribution in [0, 0.1) is 6.92 Å². The van der Waals surface area contributed by atoms with Gasteiger partial charge in [0.25, 0.3) is 5.91 Å². The molecule has 4 rings (SSSR count). The van der Waals surface area contributed by atoms with Gasteiger partial charge in [-0.15, -0.1) is 0 Å². The summed E-state index contributed by atoms with van der Waals surface area (Å²) >= 11 is 0. The van der Waals surface area contributed by atoms with E-state index in [1.165, 1.54) is 0 Å². The Morgan fingerprint density at radius 2 is 2.16 bits per heavy atom. The molecule has 6 heteroatoms. The highest BCUT2D eigenvalue weighted by molar-refractivity contribution is 6.00. The normalized spacial score (nSPS) is 20.0. The first kappa shape index (κ1) is 15.9. The number of rotatable bonds is 3. The Labute approximate surface area is 147 Å². The third kappa shape index (κ3) is 2.92. The minimum absolute atomic E-state index is 0.0311. The van der Waals surface area contributed by atoms with Crippen LogP contribution in [-0.4, -0.2) is 50.8 Å². The third-order valence-corrected chi connectivity index (χ3v) is 5.23. The van der Waals surface area contributed by atoms with Gasteiger partial charge in [-0.25, -0.2) is 4.98 Å². The SMILES string of the molecule is Cc1nccn1[C@H]1CCCN(C(=O)CN2Cc3ccccc3C2=O)C1. The van der Waals surface area contributed by atoms with E-state index in [-0.39, 0.29) is 24.4 Å². The molecule has 0 bridgehead atoms. The highest BCUT2D eigenvalue weighted by Crippen LogP contribution is 2.25. The second-order valence-corrected chi connectivity index (χ2v) is 6.84. The minimum Gasteiger partial charge on any atom is -0.339 e. The van der Waals surface area contributed by atoms with E-state index in [0.717, 1.165) is 36.3 Å². The van der Waals surface area contributed by atoms with Crippen LogP contribution in [0.1, 0.15) is 40.6 Å². The number of carbonyl (C=O) groups excluding carboxylic acids is 2. The van der Waals surface area contributed by atoms with E-state index in [0.29, 0.717) is 13.1 Å². The van der Waals surface area contributed by atoms with Crippen LogP contribution < -0.4 is 0 Å². The standard InChI is InChI=1S/C19H22N4O2/c1-14-20-8-10-23(14)16-6-4-9-21(12-16)18(24)13-22-11-15-5-2-3-7-17(15)19(22)25/h2-3,5,7-8,10,16H,4,6,9,11-13H2,1H3/t16-/m0/s1. The van der Waals surface area contributed by atoms with Crippen LogP contribution in [0.2, 0.25) is 0 Å². The molecule has 1 aromatic heterocycles. The average Bonchev–Trinajstić information content (AvgIpc) is 3.19. The lowest BCUT2D eigenvalue weighted by atomic mass is 10.1. The van der Waals surface area contributed by atoms with Gasteiger partial charge in [-0.2, -0.15) is 0 Å². The van der Waals surface area contributed by atoms with Crippen molar-refractivity contribution in [1.82, 2.24) is 19.4 Å². The fourth-order valence-corrected chi connectivity index (χ4v) is 3.89. The molecule has 1 atom stereocenters. The number of amides is 2. The molecule has 0 N–H and O–H groups in total. The quantitative estimate of drug-likeness (QED) is 0.860. The fraction of sp³-hybridized carbons (Fsp3) is 0.421. The molecule has 0 radical (unpaired) electrons. The Kier molecular flexibility index (Phi) is 4.03. The number of hydrogen-bond donors (Lipinski definition) is 0. The second kappa shape index (κ2) is 6.35. The van der Waals surface area contributed by atoms with Crippen LogP contribution in [-0.2, 0) is 11.3 Å². The topological polar surface area (TPSA) is 58.4 Å². The van der Waals surface area contributed by atoms with Crippen molar-refractivity contribution in [1.29, 1.82) is 0 Å². The molecule has 2 aromatic rings. The molecule has 2 aliphatic heterocycles. The van der Waals surface area contributed by atoms with Crippen molar-refractivity contribution < 1.29 is 9.59 Å². The minimum atomic E-state index is -0.0389. The summed E-state index contributed by atoms with van der Waals surface area (Å²) in [6.07, 6.45) is 5.81. The van der Waals surface area contributed by atoms with Crippen molar-refractivity contribution in [2.24, 2.45) is 0 Å². The summed E-state index contributed by atoms with van der Waals surface area (Å²) in [6, 6.07) is 7.86. The van der Waals surface area contributed by atoms with Gasteiger partial charge in [0, 0.05) is 37.6 Å². The smallest absolute Gasteiger partial charge is 0.254 e. The van der Waals surface area contributed by atoms with Crippen LogP contribution in [0.25, 0.3) is 0 Å². The number of benzene rings is 1. The first-order valence-electron chi connectivity index (χ1n) is 8.78. The van der Waals surface area contributed by atoms with Gasteiger partial charge in [0.1, 0.15) is 12.4 Å². The molecule has 2 aliphatic rings. The summed E-state index contributed by atoms with van der Waals surface area (Å²) in [7, 11) is 0. The zero-order valence-corrected chi connectivity index (χ0v) is 14.4. The number of likely N-dealkylation sites (tertiary alicyclic amines) is 1. The van der Waals surface area contributed by atoms with Crippen molar-refractivity contribution in [3.05, 3.63) is 53.6 Å². The number of aromatic nitrogens is 2. The predicted molar refractivity (Wildman–Crippen MR) is 93.0 cm³/mol. The van der Waals surface area contributed by atoms with Crippen LogP contribution in [0.3, 0.4) is 0 Å². The summed E-state index contributed by atoms with van der Waals surface area (Å²) in [6.45, 7) is 4.12. The van der Waals surface area contributed by atoms with E-state index in [2.05, 4.69) is 9.55 Å². The van der Waals surface area contributed by atoms with Gasteiger partial charge in [-0.3, -0.25) is 9.59 Å². The van der Waals surface area contributed by atoms with Crippen molar-refractivity contribution in [2.75, 3.05) is 19.6 Å². The monoisotopic (exact) mass is 338 g/mol. The molecule has 0 unspecified atom stereocenters. The van der Waals surface area contributed by atoms with Crippen molar-refractivity contribution >= 4 is 11.8 Å². The molecule has 25 heavy (non-hydrogen) atoms. The molecule has 0 saturated carbocycles. The van der Waals surface area contributed by atoms with E-state index in [1.54, 1.807) is 11.1 Å². The van der Waals surface area contributed by atoms with E-state index in [4.69, 9.17) is 0 Å². The van der Waals surface area contributed by atoms with Crippen molar-refractivity contribution in [2.45, 2.75) is 32.4 Å². The summed E-state index contributed by atoms with van der Waals surface area (Å²) in [5, 5.41) is 0. The molecule has 1 saturated heterocycles. The van der Waals surface area contributed by atoms with E-state index < -0.39 is 0 Å². The Morgan fingerprint density at radius 3 is 2.92 bits per heavy atom. The maximum absolute atomic E-state index is 12.8. The van der Waals surface area contributed by atoms with E-state index >= 15 is 0 Å². The first-order chi connectivity index (χ1) is 12.1. The van der Waals surface area contributed by atoms with Crippen molar-refractivity contribution in [3.8, 4) is 0 Å². The van der Waals surface area contributed by atoms with E-state index in [9.17, 15) is 9.59 Å². The summed E-state index contributed by atoms with van der Waals surface area (Å²) in [5.74, 6) is 0.969. The number of imidazole rings is 1. The first-order valence-corrected chi connectivity index (χ1v) is 8.78. The van der Waals surface area contributed by atoms with Gasteiger partial charge < -0.3 is 14.4 Å². The number of nitrogens with zero attached hydrogens (tertiary/aromatic N) is 4. The van der Waals surface area contributed by atoms with E-state index in [1.807, 2.05) is 42.3 Å². The van der Waals surface area contributed by atoms with Gasteiger partial charge in [0.15, 0.2) is 0 Å². The molecule has 1 aromatic carbocycles. The van der Waals surface area contributed by atoms with Gasteiger partial charge >= 0.3 is 0 Å². The van der Waals surface area contributed by atoms with Crippen LogP contribution >= 0.6 is 0 Å². The molecule has 0 aliphatic carbocycles. The fourth-order valence-electron chi connectivity index (χ4n) is 3.89. The lowest BCUT2D eigenvalue weighted by Crippen LogP contribution is -2.45. The molecule has 6 nitrogen and oxygen atoms in total. The molecule has 130 valence electrons. The number of carbonyl (C=O) groups is 2. The maximum atomic E-state index is 12.8. The average molecular weight is 338 g/mol. The van der Waals surface area contributed by atoms with Crippen LogP contribution in [0.5, 0.6) is 0 Å². The van der Waals surface area contributed by atoms with Crippen LogP contribution in [0.4, 0.5) is 0 Å². The number of aryl methyl sites for hydroxylation is 1. The zero-order valence-electron chi connectivity index (χ0n) is 14.4. The Bertz CT molecular complexity index is 813. The molecule has 2 amide bonds. The Morgan fingerprint density at radius 1 is 1.32 bits per heavy atom. The number of hydrogen-bond acceptors (Lipinski definition) is 3. The van der Waals surface area contributed by atoms with Gasteiger partial charge in [0.2, 0.25) is 5.91 Å². The molecule has 0 spiro atoms. The number of fused-ring (bicyclic) bond motifs is 1. The van der Waals surface area contributed by atoms with Crippen molar-refractivity contribution in [3.63, 3.8) is 0 Å². The van der Waals surface area contributed by atoms with Gasteiger partial charge in [-0.1, -0.05) is 18.2 Å². The second-order valence-electron chi connectivity index (χ2n) is 6.84. The lowest BCUT2D eigenvalue weighted by molar-refractivity contribution is -0.133. The lowest BCUT2D eigenvalue weighted by Gasteiger charge is -2.34. The molecule has 3 heterocycles. The highest BCUT2D eigenvalue weighted by Gasteiger charge is 2.31. The van der Waals surface area contributed by atoms with Gasteiger partial charge in [0.05, 0.1) is 6.04 Å². The predicted octanol–water partition coefficient (Wildman–Crippen LogP) is 2.01. The summed E-state index contributed by atoms with van der Waals surface area (Å²) < 4.78 is 2.15. The largest absolute Gasteiger partial charge is 0.339 e. The molecular weight excluding hydrogens is 316 g/mol. The molecule has 1 fully saturated rings.